The molecular formula is C8H13N. The number of aliphatic imine (C=N–C) groups is 1. The van der Waals surface area contributed by atoms with Crippen molar-refractivity contribution in [3.05, 3.63) is 24.4 Å². The zero-order valence-electron chi connectivity index (χ0n) is 6.09. The Kier molecular flexibility index (Phi) is 4.79. The van der Waals surface area contributed by atoms with E-state index < -0.39 is 0 Å². The van der Waals surface area contributed by atoms with Crippen molar-refractivity contribution in [3.63, 3.8) is 0 Å². The van der Waals surface area contributed by atoms with E-state index >= 15 is 0 Å². The molecule has 0 aromatic heterocycles. The molecule has 0 fully saturated rings. The number of hydrogen-bond donors (Lipinski definition) is 0. The van der Waals surface area contributed by atoms with E-state index in [0.29, 0.717) is 0 Å². The summed E-state index contributed by atoms with van der Waals surface area (Å²) in [7, 11) is 0. The molecule has 0 heterocycles. The van der Waals surface area contributed by atoms with Crippen LogP contribution in [0.5, 0.6) is 0 Å². The van der Waals surface area contributed by atoms with Crippen molar-refractivity contribution in [2.24, 2.45) is 4.99 Å². The fourth-order valence-electron chi connectivity index (χ4n) is 0.518. The van der Waals surface area contributed by atoms with Crippen molar-refractivity contribution in [1.29, 1.82) is 0 Å². The molecule has 0 aromatic rings. The highest BCUT2D eigenvalue weighted by Gasteiger charge is 1.81. The first kappa shape index (κ1) is 8.15. The molecule has 0 aliphatic carbocycles. The molecule has 0 N–H and O–H groups in total. The van der Waals surface area contributed by atoms with Gasteiger partial charge in [0.15, 0.2) is 0 Å². The van der Waals surface area contributed by atoms with Crippen molar-refractivity contribution >= 4 is 6.21 Å². The molecule has 0 aromatic carbocycles. The lowest BCUT2D eigenvalue weighted by molar-refractivity contribution is 1.06. The van der Waals surface area contributed by atoms with Crippen molar-refractivity contribution in [1.82, 2.24) is 0 Å². The van der Waals surface area contributed by atoms with E-state index in [1.54, 1.807) is 12.3 Å². The maximum absolute atomic E-state index is 4.10. The second-order valence-electron chi connectivity index (χ2n) is 1.65. The van der Waals surface area contributed by atoms with Gasteiger partial charge in [-0.05, 0) is 13.3 Å². The van der Waals surface area contributed by atoms with Crippen LogP contribution in [0.2, 0.25) is 0 Å². The molecule has 0 spiro atoms. The molecule has 1 heteroatoms. The Labute approximate surface area is 56.8 Å². The Balaban J connectivity index is 3.84. The van der Waals surface area contributed by atoms with Gasteiger partial charge in [-0.3, -0.25) is 4.99 Å². The van der Waals surface area contributed by atoms with E-state index in [2.05, 4.69) is 18.5 Å². The van der Waals surface area contributed by atoms with Crippen molar-refractivity contribution in [3.8, 4) is 0 Å². The fourth-order valence-corrected chi connectivity index (χ4v) is 0.518. The summed E-state index contributed by atoms with van der Waals surface area (Å²) in [4.78, 5) is 4.10. The number of hydrogen-bond acceptors (Lipinski definition) is 1. The van der Waals surface area contributed by atoms with Gasteiger partial charge < -0.3 is 0 Å². The third-order valence-corrected chi connectivity index (χ3v) is 1.04. The first-order valence-electron chi connectivity index (χ1n) is 3.15. The zero-order valence-corrected chi connectivity index (χ0v) is 6.09. The predicted octanol–water partition coefficient (Wildman–Crippen LogP) is 2.56. The third-order valence-electron chi connectivity index (χ3n) is 1.04. The normalized spacial score (nSPS) is 12.4. The van der Waals surface area contributed by atoms with E-state index in [4.69, 9.17) is 0 Å². The fraction of sp³-hybridized carbons (Fsp3) is 0.375. The second-order valence-corrected chi connectivity index (χ2v) is 1.65. The molecule has 0 bridgehead atoms. The van der Waals surface area contributed by atoms with Crippen LogP contribution >= 0.6 is 0 Å². The van der Waals surface area contributed by atoms with Gasteiger partial charge in [0.1, 0.15) is 0 Å². The first-order chi connectivity index (χ1) is 4.35. The highest BCUT2D eigenvalue weighted by atomic mass is 14.7. The monoisotopic (exact) mass is 123 g/mol. The second kappa shape index (κ2) is 5.29. The van der Waals surface area contributed by atoms with Crippen LogP contribution < -0.4 is 0 Å². The van der Waals surface area contributed by atoms with E-state index in [1.165, 1.54) is 0 Å². The van der Waals surface area contributed by atoms with E-state index in [9.17, 15) is 0 Å². The van der Waals surface area contributed by atoms with Gasteiger partial charge in [0, 0.05) is 11.9 Å². The Morgan fingerprint density at radius 1 is 1.67 bits per heavy atom. The number of rotatable bonds is 3. The quantitative estimate of drug-likeness (QED) is 0.511. The van der Waals surface area contributed by atoms with Crippen LogP contribution in [0.3, 0.4) is 0 Å². The molecule has 0 rings (SSSR count). The topological polar surface area (TPSA) is 12.4 Å². The van der Waals surface area contributed by atoms with Crippen molar-refractivity contribution in [2.75, 3.05) is 0 Å². The Morgan fingerprint density at radius 3 is 2.67 bits per heavy atom. The van der Waals surface area contributed by atoms with Gasteiger partial charge in [0.2, 0.25) is 0 Å². The number of allylic oxidation sites excluding steroid dienone is 3. The molecule has 0 atom stereocenters. The van der Waals surface area contributed by atoms with Gasteiger partial charge >= 0.3 is 0 Å². The van der Waals surface area contributed by atoms with E-state index in [-0.39, 0.29) is 0 Å². The summed E-state index contributed by atoms with van der Waals surface area (Å²) in [6.45, 7) is 7.59. The Morgan fingerprint density at radius 2 is 2.33 bits per heavy atom. The van der Waals surface area contributed by atoms with E-state index in [0.717, 1.165) is 12.1 Å². The molecule has 0 unspecified atom stereocenters. The van der Waals surface area contributed by atoms with Crippen LogP contribution in [0, 0.1) is 0 Å². The highest BCUT2D eigenvalue weighted by molar-refractivity contribution is 5.71. The molecule has 0 radical (unpaired) electrons. The summed E-state index contributed by atoms with van der Waals surface area (Å²) < 4.78 is 0. The Bertz CT molecular complexity index is 132. The van der Waals surface area contributed by atoms with Gasteiger partial charge in [-0.1, -0.05) is 25.7 Å². The minimum absolute atomic E-state index is 0.987. The molecule has 9 heavy (non-hydrogen) atoms. The SMILES string of the molecule is C=CC=N/C(=C\C)CC. The maximum atomic E-state index is 4.10. The summed E-state index contributed by atoms with van der Waals surface area (Å²) >= 11 is 0. The standard InChI is InChI=1S/C8H13N/c1-4-7-9-8(5-2)6-3/h4-5,7H,1,6H2,2-3H3/b8-5-,9-7?. The molecular weight excluding hydrogens is 110 g/mol. The van der Waals surface area contributed by atoms with Crippen LogP contribution in [-0.2, 0) is 0 Å². The third kappa shape index (κ3) is 3.71. The first-order valence-corrected chi connectivity index (χ1v) is 3.15. The number of nitrogens with zero attached hydrogens (tertiary/aromatic N) is 1. The Hall–Kier alpha value is -0.850. The average molecular weight is 123 g/mol. The van der Waals surface area contributed by atoms with Crippen LogP contribution in [-0.4, -0.2) is 6.21 Å². The van der Waals surface area contributed by atoms with Crippen molar-refractivity contribution in [2.45, 2.75) is 20.3 Å². The summed E-state index contributed by atoms with van der Waals surface area (Å²) in [5, 5.41) is 0. The molecule has 50 valence electrons. The summed E-state index contributed by atoms with van der Waals surface area (Å²) in [5.41, 5.74) is 1.11. The predicted molar refractivity (Wildman–Crippen MR) is 42.7 cm³/mol. The molecule has 0 saturated carbocycles. The lowest BCUT2D eigenvalue weighted by atomic mass is 10.3. The van der Waals surface area contributed by atoms with Gasteiger partial charge in [0.25, 0.3) is 0 Å². The average Bonchev–Trinajstić information content (AvgIpc) is 1.91. The minimum atomic E-state index is 0.987. The lowest BCUT2D eigenvalue weighted by Gasteiger charge is -1.90. The van der Waals surface area contributed by atoms with Crippen LogP contribution in [0.15, 0.2) is 29.4 Å². The van der Waals surface area contributed by atoms with Gasteiger partial charge in [0.05, 0.1) is 0 Å². The van der Waals surface area contributed by atoms with Crippen LogP contribution in [0.25, 0.3) is 0 Å². The summed E-state index contributed by atoms with van der Waals surface area (Å²) in [6.07, 6.45) is 6.37. The molecule has 0 saturated heterocycles. The zero-order chi connectivity index (χ0) is 7.11. The van der Waals surface area contributed by atoms with Gasteiger partial charge in [-0.15, -0.1) is 0 Å². The highest BCUT2D eigenvalue weighted by Crippen LogP contribution is 1.99. The maximum Gasteiger partial charge on any atom is 0.0358 e. The van der Waals surface area contributed by atoms with E-state index in [1.807, 2.05) is 13.0 Å². The smallest absolute Gasteiger partial charge is 0.0358 e. The lowest BCUT2D eigenvalue weighted by Crippen LogP contribution is -1.73. The summed E-state index contributed by atoms with van der Waals surface area (Å²) in [6, 6.07) is 0. The molecule has 0 aliphatic heterocycles. The van der Waals surface area contributed by atoms with Crippen LogP contribution in [0.1, 0.15) is 20.3 Å². The van der Waals surface area contributed by atoms with Gasteiger partial charge in [-0.25, -0.2) is 0 Å². The largest absolute Gasteiger partial charge is 0.262 e. The summed E-state index contributed by atoms with van der Waals surface area (Å²) in [5.74, 6) is 0. The minimum Gasteiger partial charge on any atom is -0.262 e. The van der Waals surface area contributed by atoms with Crippen LogP contribution in [0.4, 0.5) is 0 Å². The molecule has 0 amide bonds. The van der Waals surface area contributed by atoms with Crippen molar-refractivity contribution < 1.29 is 0 Å². The molecule has 1 nitrogen and oxygen atoms in total. The molecule has 0 aliphatic rings. The van der Waals surface area contributed by atoms with Gasteiger partial charge in [-0.2, -0.15) is 0 Å².